The highest BCUT2D eigenvalue weighted by Gasteiger charge is 2.19. The fourth-order valence-electron chi connectivity index (χ4n) is 4.23. The number of carbonyl (C=O) groups excluding carboxylic acids is 1. The maximum Gasteiger partial charge on any atom is 0.335 e. The Hall–Kier alpha value is -3.31. The molecule has 0 bridgehead atoms. The molecule has 6 heteroatoms. The minimum atomic E-state index is -0.936. The molecule has 0 aromatic heterocycles. The van der Waals surface area contributed by atoms with E-state index in [1.165, 1.54) is 6.42 Å². The van der Waals surface area contributed by atoms with E-state index in [2.05, 4.69) is 5.32 Å². The van der Waals surface area contributed by atoms with E-state index in [1.807, 2.05) is 24.3 Å². The van der Waals surface area contributed by atoms with E-state index in [1.54, 1.807) is 42.5 Å². The minimum absolute atomic E-state index is 0.153. The van der Waals surface area contributed by atoms with E-state index in [-0.39, 0.29) is 17.6 Å². The van der Waals surface area contributed by atoms with Crippen LogP contribution < -0.4 is 10.1 Å². The molecule has 1 aliphatic rings. The van der Waals surface area contributed by atoms with Gasteiger partial charge in [0.2, 0.25) is 0 Å². The Bertz CT molecular complexity index is 1140. The van der Waals surface area contributed by atoms with Crippen molar-refractivity contribution in [2.75, 3.05) is 6.54 Å². The summed E-state index contributed by atoms with van der Waals surface area (Å²) < 4.78 is 6.15. The van der Waals surface area contributed by atoms with Gasteiger partial charge in [0.05, 0.1) is 17.2 Å². The van der Waals surface area contributed by atoms with Crippen LogP contribution in [0.25, 0.3) is 11.1 Å². The number of nitrogens with one attached hydrogen (secondary N) is 1. The largest absolute Gasteiger partial charge is 0.490 e. The van der Waals surface area contributed by atoms with Crippen LogP contribution >= 0.6 is 11.6 Å². The van der Waals surface area contributed by atoms with E-state index in [0.29, 0.717) is 29.3 Å². The minimum Gasteiger partial charge on any atom is -0.490 e. The lowest BCUT2D eigenvalue weighted by atomic mass is 9.97. The molecule has 0 unspecified atom stereocenters. The topological polar surface area (TPSA) is 75.6 Å². The van der Waals surface area contributed by atoms with Crippen LogP contribution in [-0.2, 0) is 6.42 Å². The maximum atomic E-state index is 12.9. The Labute approximate surface area is 204 Å². The van der Waals surface area contributed by atoms with Crippen LogP contribution in [0.1, 0.15) is 58.4 Å². The first kappa shape index (κ1) is 23.8. The second-order valence-electron chi connectivity index (χ2n) is 8.60. The number of ether oxygens (including phenoxy) is 1. The molecule has 2 N–H and O–H groups in total. The lowest BCUT2D eigenvalue weighted by molar-refractivity contribution is 0.0696. The van der Waals surface area contributed by atoms with Crippen LogP contribution in [0.5, 0.6) is 5.75 Å². The van der Waals surface area contributed by atoms with Crippen LogP contribution in [0.15, 0.2) is 66.7 Å². The summed E-state index contributed by atoms with van der Waals surface area (Å²) >= 11 is 6.16. The second-order valence-corrected chi connectivity index (χ2v) is 9.04. The van der Waals surface area contributed by atoms with Gasteiger partial charge in [0.15, 0.2) is 0 Å². The van der Waals surface area contributed by atoms with Crippen LogP contribution in [0.2, 0.25) is 5.02 Å². The Kier molecular flexibility index (Phi) is 7.86. The number of benzene rings is 3. The number of hydrogen-bond acceptors (Lipinski definition) is 3. The molecule has 5 nitrogen and oxygen atoms in total. The van der Waals surface area contributed by atoms with Gasteiger partial charge in [0.25, 0.3) is 5.91 Å². The fourth-order valence-corrected chi connectivity index (χ4v) is 4.40. The van der Waals surface area contributed by atoms with Crippen molar-refractivity contribution >= 4 is 23.5 Å². The molecule has 0 heterocycles. The lowest BCUT2D eigenvalue weighted by Gasteiger charge is -2.24. The average Bonchev–Trinajstić information content (AvgIpc) is 2.86. The first-order chi connectivity index (χ1) is 16.5. The molecule has 0 saturated heterocycles. The van der Waals surface area contributed by atoms with Crippen molar-refractivity contribution in [2.45, 2.75) is 44.6 Å². The van der Waals surface area contributed by atoms with Crippen molar-refractivity contribution in [1.29, 1.82) is 0 Å². The summed E-state index contributed by atoms with van der Waals surface area (Å²) in [5.74, 6) is -0.537. The lowest BCUT2D eigenvalue weighted by Crippen LogP contribution is -2.27. The summed E-state index contributed by atoms with van der Waals surface area (Å²) in [4.78, 5) is 23.9. The van der Waals surface area contributed by atoms with Gasteiger partial charge in [-0.15, -0.1) is 0 Å². The third kappa shape index (κ3) is 6.17. The Morgan fingerprint density at radius 1 is 0.912 bits per heavy atom. The number of aromatic carboxylic acids is 1. The van der Waals surface area contributed by atoms with Crippen molar-refractivity contribution in [3.05, 3.63) is 88.4 Å². The first-order valence-corrected chi connectivity index (χ1v) is 12.0. The standard InChI is InChI=1S/C28H28ClNO4/c29-23-14-15-26(34-24-4-2-1-3-5-24)25(18-23)27(31)30-17-16-19-6-8-20(9-7-19)21-10-12-22(13-11-21)28(32)33/h6-15,18,24H,1-5,16-17H2,(H,30,31)(H,32,33). The fraction of sp³-hybridized carbons (Fsp3) is 0.286. The van der Waals surface area contributed by atoms with E-state index in [0.717, 1.165) is 42.4 Å². The number of carbonyl (C=O) groups is 2. The van der Waals surface area contributed by atoms with E-state index < -0.39 is 5.97 Å². The maximum absolute atomic E-state index is 12.9. The van der Waals surface area contributed by atoms with E-state index in [9.17, 15) is 9.59 Å². The quantitative estimate of drug-likeness (QED) is 0.394. The molecule has 0 aliphatic heterocycles. The molecule has 1 fully saturated rings. The highest BCUT2D eigenvalue weighted by Crippen LogP contribution is 2.28. The number of carboxylic acids is 1. The van der Waals surface area contributed by atoms with Crippen molar-refractivity contribution in [2.24, 2.45) is 0 Å². The van der Waals surface area contributed by atoms with Crippen LogP contribution in [0, 0.1) is 0 Å². The summed E-state index contributed by atoms with van der Waals surface area (Å²) in [6.45, 7) is 0.487. The number of carboxylic acid groups (broad SMARTS) is 1. The third-order valence-electron chi connectivity index (χ3n) is 6.15. The van der Waals surface area contributed by atoms with Gasteiger partial charge in [-0.05, 0) is 79.1 Å². The summed E-state index contributed by atoms with van der Waals surface area (Å²) in [5, 5.41) is 12.5. The molecule has 0 spiro atoms. The zero-order valence-corrected chi connectivity index (χ0v) is 19.7. The summed E-state index contributed by atoms with van der Waals surface area (Å²) in [7, 11) is 0. The van der Waals surface area contributed by atoms with E-state index >= 15 is 0 Å². The van der Waals surface area contributed by atoms with Crippen LogP contribution in [0.3, 0.4) is 0 Å². The van der Waals surface area contributed by atoms with Gasteiger partial charge in [-0.3, -0.25) is 4.79 Å². The SMILES string of the molecule is O=C(O)c1ccc(-c2ccc(CCNC(=O)c3cc(Cl)ccc3OC3CCCCC3)cc2)cc1. The molecule has 3 aromatic rings. The van der Waals surface area contributed by atoms with Gasteiger partial charge < -0.3 is 15.2 Å². The van der Waals surface area contributed by atoms with Crippen LogP contribution in [-0.4, -0.2) is 29.6 Å². The van der Waals surface area contributed by atoms with Gasteiger partial charge in [0.1, 0.15) is 5.75 Å². The van der Waals surface area contributed by atoms with Gasteiger partial charge in [-0.25, -0.2) is 4.79 Å². The Balaban J connectivity index is 1.34. The normalized spacial score (nSPS) is 13.9. The molecule has 1 saturated carbocycles. The number of halogens is 1. The number of rotatable bonds is 8. The molecule has 3 aromatic carbocycles. The van der Waals surface area contributed by atoms with E-state index in [4.69, 9.17) is 21.4 Å². The zero-order valence-electron chi connectivity index (χ0n) is 18.9. The zero-order chi connectivity index (χ0) is 23.9. The van der Waals surface area contributed by atoms with Crippen molar-refractivity contribution < 1.29 is 19.4 Å². The van der Waals surface area contributed by atoms with Crippen molar-refractivity contribution in [3.8, 4) is 16.9 Å². The Morgan fingerprint density at radius 3 is 2.21 bits per heavy atom. The smallest absolute Gasteiger partial charge is 0.335 e. The number of hydrogen-bond donors (Lipinski definition) is 2. The molecule has 1 amide bonds. The number of amides is 1. The van der Waals surface area contributed by atoms with Crippen molar-refractivity contribution in [1.82, 2.24) is 5.32 Å². The summed E-state index contributed by atoms with van der Waals surface area (Å²) in [6, 6.07) is 20.0. The molecule has 176 valence electrons. The first-order valence-electron chi connectivity index (χ1n) is 11.7. The molecule has 0 radical (unpaired) electrons. The predicted octanol–water partition coefficient (Wildman–Crippen LogP) is 6.39. The molecule has 0 atom stereocenters. The van der Waals surface area contributed by atoms with Gasteiger partial charge in [-0.2, -0.15) is 0 Å². The van der Waals surface area contributed by atoms with Gasteiger partial charge >= 0.3 is 5.97 Å². The average molecular weight is 478 g/mol. The summed E-state index contributed by atoms with van der Waals surface area (Å²) in [5.41, 5.74) is 3.79. The predicted molar refractivity (Wildman–Crippen MR) is 134 cm³/mol. The molecule has 34 heavy (non-hydrogen) atoms. The van der Waals surface area contributed by atoms with Crippen molar-refractivity contribution in [3.63, 3.8) is 0 Å². The Morgan fingerprint density at radius 2 is 1.56 bits per heavy atom. The summed E-state index contributed by atoms with van der Waals surface area (Å²) in [6.07, 6.45) is 6.43. The third-order valence-corrected chi connectivity index (χ3v) is 6.39. The molecular formula is C28H28ClNO4. The monoisotopic (exact) mass is 477 g/mol. The molecule has 1 aliphatic carbocycles. The highest BCUT2D eigenvalue weighted by atomic mass is 35.5. The van der Waals surface area contributed by atoms with Gasteiger partial charge in [0, 0.05) is 11.6 Å². The highest BCUT2D eigenvalue weighted by molar-refractivity contribution is 6.31. The van der Waals surface area contributed by atoms with Crippen LogP contribution in [0.4, 0.5) is 0 Å². The van der Waals surface area contributed by atoms with Gasteiger partial charge in [-0.1, -0.05) is 54.4 Å². The molecular weight excluding hydrogens is 450 g/mol. The molecule has 4 rings (SSSR count). The second kappa shape index (κ2) is 11.2.